The molecule has 27 heavy (non-hydrogen) atoms. The number of hydrogen-bond acceptors (Lipinski definition) is 6. The van der Waals surface area contributed by atoms with Crippen molar-refractivity contribution in [3.8, 4) is 5.75 Å². The third kappa shape index (κ3) is 4.73. The summed E-state index contributed by atoms with van der Waals surface area (Å²) in [6.07, 6.45) is 0. The normalized spacial score (nSPS) is 14.0. The first kappa shape index (κ1) is 19.5. The number of nitrogens with one attached hydrogen (secondary N) is 1. The number of anilines is 2. The molecule has 0 radical (unpaired) electrons. The Hall–Kier alpha value is -2.25. The minimum absolute atomic E-state index is 0.347. The van der Waals surface area contributed by atoms with Crippen molar-refractivity contribution in [2.24, 2.45) is 0 Å². The molecule has 1 N–H and O–H groups in total. The summed E-state index contributed by atoms with van der Waals surface area (Å²) in [4.78, 5) is 14.5. The zero-order valence-corrected chi connectivity index (χ0v) is 17.0. The van der Waals surface area contributed by atoms with Crippen molar-refractivity contribution >= 4 is 33.3 Å². The standard InChI is InChI=1S/C20H23BrN2O4/c1-25-19-6-3-15(21)11-14(19)13-22-16-4-5-18(17(12-16)20(24)26-2)23-7-9-27-10-8-23/h3-6,11-12,22H,7-10,13H2,1-2H3. The van der Waals surface area contributed by atoms with Crippen LogP contribution in [0.4, 0.5) is 11.4 Å². The van der Waals surface area contributed by atoms with E-state index in [1.165, 1.54) is 7.11 Å². The van der Waals surface area contributed by atoms with E-state index in [0.717, 1.165) is 40.2 Å². The molecule has 0 amide bonds. The van der Waals surface area contributed by atoms with Crippen LogP contribution in [0.2, 0.25) is 0 Å². The molecule has 0 bridgehead atoms. The molecule has 2 aromatic carbocycles. The van der Waals surface area contributed by atoms with Crippen LogP contribution >= 0.6 is 15.9 Å². The average Bonchev–Trinajstić information content (AvgIpc) is 2.72. The lowest BCUT2D eigenvalue weighted by atomic mass is 10.1. The van der Waals surface area contributed by atoms with Crippen LogP contribution in [0.25, 0.3) is 0 Å². The first-order valence-electron chi connectivity index (χ1n) is 8.73. The van der Waals surface area contributed by atoms with Crippen molar-refractivity contribution in [1.82, 2.24) is 0 Å². The minimum Gasteiger partial charge on any atom is -0.496 e. The van der Waals surface area contributed by atoms with Gasteiger partial charge in [-0.2, -0.15) is 0 Å². The Balaban J connectivity index is 1.82. The molecule has 1 heterocycles. The molecule has 7 heteroatoms. The van der Waals surface area contributed by atoms with Gasteiger partial charge in [-0.15, -0.1) is 0 Å². The summed E-state index contributed by atoms with van der Waals surface area (Å²) in [7, 11) is 3.05. The number of methoxy groups -OCH3 is 2. The van der Waals surface area contributed by atoms with Gasteiger partial charge in [0.15, 0.2) is 0 Å². The lowest BCUT2D eigenvalue weighted by molar-refractivity contribution is 0.0600. The average molecular weight is 435 g/mol. The predicted octanol–water partition coefficient (Wildman–Crippen LogP) is 3.69. The Bertz CT molecular complexity index is 807. The van der Waals surface area contributed by atoms with Crippen LogP contribution in [0, 0.1) is 0 Å². The van der Waals surface area contributed by atoms with E-state index in [-0.39, 0.29) is 5.97 Å². The molecule has 0 aromatic heterocycles. The summed E-state index contributed by atoms with van der Waals surface area (Å²) in [6.45, 7) is 3.39. The summed E-state index contributed by atoms with van der Waals surface area (Å²) in [5.41, 5.74) is 3.28. The van der Waals surface area contributed by atoms with Gasteiger partial charge in [0.1, 0.15) is 5.75 Å². The molecule has 144 valence electrons. The van der Waals surface area contributed by atoms with Crippen LogP contribution in [0.1, 0.15) is 15.9 Å². The molecule has 0 saturated carbocycles. The summed E-state index contributed by atoms with van der Waals surface area (Å²) < 4.78 is 16.8. The van der Waals surface area contributed by atoms with Gasteiger partial charge in [-0.25, -0.2) is 4.79 Å². The molecule has 0 spiro atoms. The zero-order valence-electron chi connectivity index (χ0n) is 15.5. The SMILES string of the molecule is COC(=O)c1cc(NCc2cc(Br)ccc2OC)ccc1N1CCOCC1. The quantitative estimate of drug-likeness (QED) is 0.699. The molecular weight excluding hydrogens is 412 g/mol. The van der Waals surface area contributed by atoms with Crippen LogP contribution in [0.15, 0.2) is 40.9 Å². The van der Waals surface area contributed by atoms with Crippen molar-refractivity contribution in [2.75, 3.05) is 50.7 Å². The Morgan fingerprint density at radius 3 is 2.67 bits per heavy atom. The second-order valence-electron chi connectivity index (χ2n) is 6.13. The Morgan fingerprint density at radius 1 is 1.19 bits per heavy atom. The lowest BCUT2D eigenvalue weighted by Gasteiger charge is -2.30. The maximum absolute atomic E-state index is 12.3. The number of morpholine rings is 1. The van der Waals surface area contributed by atoms with Crippen molar-refractivity contribution in [3.63, 3.8) is 0 Å². The summed E-state index contributed by atoms with van der Waals surface area (Å²) in [5, 5.41) is 3.36. The van der Waals surface area contributed by atoms with Crippen LogP contribution < -0.4 is 15.0 Å². The first-order valence-corrected chi connectivity index (χ1v) is 9.53. The predicted molar refractivity (Wildman–Crippen MR) is 109 cm³/mol. The number of carbonyl (C=O) groups excluding carboxylic acids is 1. The first-order chi connectivity index (χ1) is 13.1. The van der Waals surface area contributed by atoms with Gasteiger partial charge in [-0.05, 0) is 36.4 Å². The van der Waals surface area contributed by atoms with Crippen LogP contribution in [-0.4, -0.2) is 46.5 Å². The molecule has 2 aromatic rings. The number of ether oxygens (including phenoxy) is 3. The molecular formula is C20H23BrN2O4. The van der Waals surface area contributed by atoms with E-state index < -0.39 is 0 Å². The third-order valence-electron chi connectivity index (χ3n) is 4.48. The zero-order chi connectivity index (χ0) is 19.2. The van der Waals surface area contributed by atoms with E-state index >= 15 is 0 Å². The van der Waals surface area contributed by atoms with Gasteiger partial charge >= 0.3 is 5.97 Å². The number of hydrogen-bond donors (Lipinski definition) is 1. The highest BCUT2D eigenvalue weighted by Gasteiger charge is 2.20. The Morgan fingerprint density at radius 2 is 1.96 bits per heavy atom. The maximum atomic E-state index is 12.3. The van der Waals surface area contributed by atoms with E-state index in [1.54, 1.807) is 7.11 Å². The largest absolute Gasteiger partial charge is 0.496 e. The van der Waals surface area contributed by atoms with E-state index in [0.29, 0.717) is 25.3 Å². The monoisotopic (exact) mass is 434 g/mol. The van der Waals surface area contributed by atoms with E-state index in [1.807, 2.05) is 36.4 Å². The number of esters is 1. The molecule has 1 aliphatic heterocycles. The van der Waals surface area contributed by atoms with Crippen LogP contribution in [0.5, 0.6) is 5.75 Å². The summed E-state index contributed by atoms with van der Waals surface area (Å²) in [6, 6.07) is 11.6. The molecule has 6 nitrogen and oxygen atoms in total. The third-order valence-corrected chi connectivity index (χ3v) is 4.97. The van der Waals surface area contributed by atoms with Crippen molar-refractivity contribution in [1.29, 1.82) is 0 Å². The topological polar surface area (TPSA) is 60.0 Å². The van der Waals surface area contributed by atoms with Crippen molar-refractivity contribution < 1.29 is 19.0 Å². The molecule has 1 aliphatic rings. The van der Waals surface area contributed by atoms with Gasteiger partial charge in [0.25, 0.3) is 0 Å². The number of nitrogens with zero attached hydrogens (tertiary/aromatic N) is 1. The number of halogens is 1. The highest BCUT2D eigenvalue weighted by Crippen LogP contribution is 2.28. The second-order valence-corrected chi connectivity index (χ2v) is 7.05. The van der Waals surface area contributed by atoms with E-state index in [9.17, 15) is 4.79 Å². The molecule has 0 unspecified atom stereocenters. The van der Waals surface area contributed by atoms with Crippen molar-refractivity contribution in [2.45, 2.75) is 6.54 Å². The van der Waals surface area contributed by atoms with Gasteiger partial charge in [-0.1, -0.05) is 15.9 Å². The second kappa shape index (κ2) is 9.10. The Labute approximate surface area is 167 Å². The minimum atomic E-state index is -0.347. The van der Waals surface area contributed by atoms with Gasteiger partial charge in [0.2, 0.25) is 0 Å². The maximum Gasteiger partial charge on any atom is 0.340 e. The molecule has 3 rings (SSSR count). The van der Waals surface area contributed by atoms with Gasteiger partial charge in [0, 0.05) is 35.4 Å². The van der Waals surface area contributed by atoms with Crippen molar-refractivity contribution in [3.05, 3.63) is 52.0 Å². The smallest absolute Gasteiger partial charge is 0.340 e. The molecule has 1 saturated heterocycles. The van der Waals surface area contributed by atoms with E-state index in [2.05, 4.69) is 26.1 Å². The number of carbonyl (C=O) groups is 1. The lowest BCUT2D eigenvalue weighted by Crippen LogP contribution is -2.37. The molecule has 1 fully saturated rings. The summed E-state index contributed by atoms with van der Waals surface area (Å²) in [5.74, 6) is 0.462. The highest BCUT2D eigenvalue weighted by atomic mass is 79.9. The van der Waals surface area contributed by atoms with Crippen LogP contribution in [0.3, 0.4) is 0 Å². The summed E-state index contributed by atoms with van der Waals surface area (Å²) >= 11 is 3.49. The fraction of sp³-hybridized carbons (Fsp3) is 0.350. The Kier molecular flexibility index (Phi) is 6.58. The van der Waals surface area contributed by atoms with Crippen LogP contribution in [-0.2, 0) is 16.0 Å². The van der Waals surface area contributed by atoms with E-state index in [4.69, 9.17) is 14.2 Å². The molecule has 0 aliphatic carbocycles. The number of rotatable bonds is 6. The van der Waals surface area contributed by atoms with Gasteiger partial charge in [0.05, 0.1) is 38.7 Å². The fourth-order valence-corrected chi connectivity index (χ4v) is 3.49. The number of benzene rings is 2. The van der Waals surface area contributed by atoms with Gasteiger partial charge < -0.3 is 24.4 Å². The molecule has 0 atom stereocenters. The van der Waals surface area contributed by atoms with Gasteiger partial charge in [-0.3, -0.25) is 0 Å². The fourth-order valence-electron chi connectivity index (χ4n) is 3.08. The highest BCUT2D eigenvalue weighted by molar-refractivity contribution is 9.10.